The van der Waals surface area contributed by atoms with Crippen LogP contribution < -0.4 is 15.8 Å². The standard InChI is InChI=1S/C34H44Br2N6O7S/c35-27-19-22(20-28(36)31(27)43)21-30(32(44)42(50(37,47)48)17-10-24(11-18-42)23-5-12-38-13-6-23)49-34(46)40-14-8-26(9-15-40)41-16-7-25-3-1-2-4-29(25)39-33(41)45/h1-4,19-20,23-24,26,30,38H,5-18,21H2,(H3-,37,39,43,45,47,48)/p+1/t24?,30-,42?/m1/s1. The molecule has 0 aliphatic carbocycles. The number of anilines is 1. The van der Waals surface area contributed by atoms with E-state index >= 15 is 0 Å². The number of halogens is 2. The summed E-state index contributed by atoms with van der Waals surface area (Å²) in [7, 11) is -4.44. The fourth-order valence-corrected chi connectivity index (χ4v) is 10.4. The Hall–Kier alpha value is -2.76. The number of carbonyl (C=O) groups excluding carboxylic acids is 3. The Balaban J connectivity index is 1.18. The summed E-state index contributed by atoms with van der Waals surface area (Å²) in [5, 5.41) is 22.5. The fraction of sp³-hybridized carbons (Fsp3) is 0.559. The molecule has 2 aromatic carbocycles. The molecule has 5 N–H and O–H groups in total. The average molecular weight is 842 g/mol. The first-order valence-electron chi connectivity index (χ1n) is 17.3. The van der Waals surface area contributed by atoms with Crippen LogP contribution in [0.1, 0.15) is 49.7 Å². The molecule has 3 fully saturated rings. The van der Waals surface area contributed by atoms with E-state index < -0.39 is 32.2 Å². The van der Waals surface area contributed by atoms with Crippen LogP contribution >= 0.6 is 31.9 Å². The van der Waals surface area contributed by atoms with Crippen LogP contribution in [0, 0.1) is 11.8 Å². The van der Waals surface area contributed by atoms with E-state index in [0.29, 0.717) is 72.2 Å². The molecule has 0 unspecified atom stereocenters. The third-order valence-corrected chi connectivity index (χ3v) is 13.7. The van der Waals surface area contributed by atoms with E-state index in [4.69, 9.17) is 9.88 Å². The second kappa shape index (κ2) is 15.5. The zero-order valence-corrected chi connectivity index (χ0v) is 31.8. The SMILES string of the molecule is NS(=O)(=O)[N+]1(C(=O)[C@@H](Cc2cc(Br)c(O)c(Br)c2)OC(=O)N2CCC(N3CCc4ccccc4NC3=O)CC2)CCC(C2CCNCC2)CC1. The Morgan fingerprint density at radius 2 is 1.60 bits per heavy atom. The van der Waals surface area contributed by atoms with Gasteiger partial charge in [0.05, 0.1) is 8.95 Å². The van der Waals surface area contributed by atoms with Crippen LogP contribution in [0.2, 0.25) is 0 Å². The zero-order chi connectivity index (χ0) is 35.6. The number of rotatable bonds is 7. The van der Waals surface area contributed by atoms with E-state index in [1.807, 2.05) is 29.2 Å². The smallest absolute Gasteiger partial charge is 0.410 e. The number of piperidine rings is 3. The third kappa shape index (κ3) is 7.84. The van der Waals surface area contributed by atoms with Crippen molar-refractivity contribution in [2.45, 2.75) is 63.5 Å². The molecule has 4 heterocycles. The van der Waals surface area contributed by atoms with Crippen LogP contribution in [0.25, 0.3) is 0 Å². The summed E-state index contributed by atoms with van der Waals surface area (Å²) in [5.74, 6) is -0.0789. The summed E-state index contributed by atoms with van der Waals surface area (Å²) in [5.41, 5.74) is 2.42. The fourth-order valence-electron chi connectivity index (χ4n) is 8.08. The Kier molecular flexibility index (Phi) is 11.4. The van der Waals surface area contributed by atoms with E-state index in [1.54, 1.807) is 12.1 Å². The van der Waals surface area contributed by atoms with Crippen molar-refractivity contribution in [1.29, 1.82) is 0 Å². The second-order valence-electron chi connectivity index (χ2n) is 13.8. The highest BCUT2D eigenvalue weighted by Crippen LogP contribution is 2.37. The number of phenolic OH excluding ortho intramolecular Hbond substituents is 1. The molecule has 1 atom stereocenters. The quantitative estimate of drug-likeness (QED) is 0.296. The van der Waals surface area contributed by atoms with Gasteiger partial charge in [0.15, 0.2) is 0 Å². The highest BCUT2D eigenvalue weighted by molar-refractivity contribution is 9.11. The van der Waals surface area contributed by atoms with E-state index in [-0.39, 0.29) is 43.3 Å². The molecule has 4 aliphatic rings. The number of nitrogens with one attached hydrogen (secondary N) is 2. The molecule has 2 aromatic rings. The molecule has 16 heteroatoms. The van der Waals surface area contributed by atoms with Crippen LogP contribution in [0.15, 0.2) is 45.3 Å². The molecule has 0 radical (unpaired) electrons. The Morgan fingerprint density at radius 1 is 0.980 bits per heavy atom. The number of hydrogen-bond acceptors (Lipinski definition) is 8. The molecule has 50 heavy (non-hydrogen) atoms. The molecule has 0 spiro atoms. The number of fused-ring (bicyclic) bond motifs is 1. The second-order valence-corrected chi connectivity index (χ2v) is 17.3. The van der Waals surface area contributed by atoms with E-state index in [2.05, 4.69) is 42.5 Å². The number of carbonyl (C=O) groups is 3. The molecule has 4 amide bonds. The summed E-state index contributed by atoms with van der Waals surface area (Å²) >= 11 is 6.64. The van der Waals surface area contributed by atoms with Gasteiger partial charge in [-0.05, 0) is 118 Å². The van der Waals surface area contributed by atoms with Gasteiger partial charge >= 0.3 is 28.2 Å². The predicted molar refractivity (Wildman–Crippen MR) is 194 cm³/mol. The van der Waals surface area contributed by atoms with Crippen molar-refractivity contribution in [3.63, 3.8) is 0 Å². The van der Waals surface area contributed by atoms with Gasteiger partial charge in [0.25, 0.3) is 0 Å². The van der Waals surface area contributed by atoms with Gasteiger partial charge in [0.1, 0.15) is 18.8 Å². The highest BCUT2D eigenvalue weighted by Gasteiger charge is 2.54. The number of nitrogens with two attached hydrogens (primary N) is 1. The van der Waals surface area contributed by atoms with Crippen molar-refractivity contribution < 1.29 is 36.5 Å². The summed E-state index contributed by atoms with van der Waals surface area (Å²) in [6.45, 7) is 3.00. The normalized spacial score (nSPS) is 24.5. The lowest BCUT2D eigenvalue weighted by atomic mass is 9.79. The number of benzene rings is 2. The molecule has 0 bridgehead atoms. The zero-order valence-electron chi connectivity index (χ0n) is 27.9. The van der Waals surface area contributed by atoms with Gasteiger partial charge < -0.3 is 30.3 Å². The average Bonchev–Trinajstić information content (AvgIpc) is 3.28. The Morgan fingerprint density at radius 3 is 2.24 bits per heavy atom. The summed E-state index contributed by atoms with van der Waals surface area (Å²) in [6.07, 6.45) is 2.48. The molecule has 0 saturated carbocycles. The maximum atomic E-state index is 14.5. The molecule has 4 aliphatic heterocycles. The number of phenols is 1. The monoisotopic (exact) mass is 839 g/mol. The van der Waals surface area contributed by atoms with Crippen LogP contribution in [-0.4, -0.2) is 103 Å². The Bertz CT molecular complexity index is 1680. The first-order chi connectivity index (χ1) is 23.9. The number of nitrogens with zero attached hydrogens (tertiary/aromatic N) is 3. The maximum Gasteiger partial charge on any atom is 0.410 e. The molecular formula is C34H45Br2N6O7S+. The van der Waals surface area contributed by atoms with E-state index in [0.717, 1.165) is 37.2 Å². The van der Waals surface area contributed by atoms with Gasteiger partial charge in [-0.2, -0.15) is 13.6 Å². The first-order valence-corrected chi connectivity index (χ1v) is 20.4. The number of amides is 4. The molecular weight excluding hydrogens is 796 g/mol. The van der Waals surface area contributed by atoms with Crippen molar-refractivity contribution in [3.8, 4) is 5.75 Å². The van der Waals surface area contributed by atoms with E-state index in [9.17, 15) is 27.9 Å². The van der Waals surface area contributed by atoms with Crippen LogP contribution in [0.5, 0.6) is 5.75 Å². The van der Waals surface area contributed by atoms with Crippen molar-refractivity contribution in [2.24, 2.45) is 17.0 Å². The molecule has 0 aromatic heterocycles. The minimum Gasteiger partial charge on any atom is -0.506 e. The first kappa shape index (κ1) is 37.0. The van der Waals surface area contributed by atoms with Crippen molar-refractivity contribution in [1.82, 2.24) is 15.1 Å². The minimum atomic E-state index is -4.44. The molecule has 272 valence electrons. The van der Waals surface area contributed by atoms with E-state index in [1.165, 1.54) is 4.90 Å². The number of quaternary nitrogens is 1. The Labute approximate surface area is 309 Å². The minimum absolute atomic E-state index is 0.0104. The van der Waals surface area contributed by atoms with Gasteiger partial charge in [0, 0.05) is 50.6 Å². The molecule has 13 nitrogen and oxygen atoms in total. The third-order valence-electron chi connectivity index (χ3n) is 11.0. The van der Waals surface area contributed by atoms with Gasteiger partial charge in [-0.25, -0.2) is 14.4 Å². The molecule has 6 rings (SSSR count). The largest absolute Gasteiger partial charge is 0.506 e. The number of likely N-dealkylation sites (tertiary alicyclic amines) is 2. The lowest BCUT2D eigenvalue weighted by Gasteiger charge is -2.42. The van der Waals surface area contributed by atoms with Crippen molar-refractivity contribution in [2.75, 3.05) is 51.1 Å². The maximum absolute atomic E-state index is 14.5. The van der Waals surface area contributed by atoms with Gasteiger partial charge in [-0.3, -0.25) is 0 Å². The van der Waals surface area contributed by atoms with Gasteiger partial charge in [-0.15, -0.1) is 3.89 Å². The lowest BCUT2D eigenvalue weighted by Crippen LogP contribution is -2.66. The van der Waals surface area contributed by atoms with Gasteiger partial charge in [0.2, 0.25) is 6.10 Å². The summed E-state index contributed by atoms with van der Waals surface area (Å²) in [6, 6.07) is 10.7. The number of hydrogen-bond donors (Lipinski definition) is 4. The van der Waals surface area contributed by atoms with Gasteiger partial charge in [-0.1, -0.05) is 18.2 Å². The number of para-hydroxylation sites is 1. The number of aromatic hydroxyl groups is 1. The van der Waals surface area contributed by atoms with Crippen molar-refractivity contribution in [3.05, 3.63) is 56.5 Å². The number of urea groups is 1. The molecule has 3 saturated heterocycles. The number of ether oxygens (including phenoxy) is 1. The van der Waals surface area contributed by atoms with Crippen LogP contribution in [-0.2, 0) is 32.6 Å². The summed E-state index contributed by atoms with van der Waals surface area (Å²) < 4.78 is 32.3. The predicted octanol–water partition coefficient (Wildman–Crippen LogP) is 4.48. The summed E-state index contributed by atoms with van der Waals surface area (Å²) in [4.78, 5) is 44.7. The van der Waals surface area contributed by atoms with Crippen molar-refractivity contribution >= 4 is 65.8 Å². The van der Waals surface area contributed by atoms with Crippen LogP contribution in [0.4, 0.5) is 15.3 Å². The van der Waals surface area contributed by atoms with Crippen LogP contribution in [0.3, 0.4) is 0 Å². The highest BCUT2D eigenvalue weighted by atomic mass is 79.9. The topological polar surface area (TPSA) is 171 Å². The lowest BCUT2D eigenvalue weighted by molar-refractivity contribution is -0.739.